The second kappa shape index (κ2) is 12.9. The van der Waals surface area contributed by atoms with E-state index in [0.29, 0.717) is 44.5 Å². The van der Waals surface area contributed by atoms with Crippen molar-refractivity contribution < 1.29 is 24.2 Å². The van der Waals surface area contributed by atoms with Gasteiger partial charge in [-0.3, -0.25) is 14.5 Å². The van der Waals surface area contributed by atoms with Crippen LogP contribution in [-0.2, 0) is 9.59 Å². The highest BCUT2D eigenvalue weighted by Gasteiger charge is 2.32. The van der Waals surface area contributed by atoms with Gasteiger partial charge in [-0.05, 0) is 60.2 Å². The van der Waals surface area contributed by atoms with Gasteiger partial charge in [0.05, 0.1) is 35.3 Å². The highest BCUT2D eigenvalue weighted by molar-refractivity contribution is 8.14. The molecule has 2 heterocycles. The van der Waals surface area contributed by atoms with Crippen molar-refractivity contribution in [2.24, 2.45) is 4.99 Å². The number of hydrogen-bond donors (Lipinski definition) is 2. The predicted molar refractivity (Wildman–Crippen MR) is 178 cm³/mol. The molecule has 9 nitrogen and oxygen atoms in total. The fourth-order valence-corrected chi connectivity index (χ4v) is 5.62. The van der Waals surface area contributed by atoms with E-state index in [1.807, 2.05) is 60.7 Å². The van der Waals surface area contributed by atoms with Crippen molar-refractivity contribution in [2.75, 3.05) is 23.1 Å². The Balaban J connectivity index is 1.17. The summed E-state index contributed by atoms with van der Waals surface area (Å²) < 4.78 is 5.21. The first-order chi connectivity index (χ1) is 21.9. The van der Waals surface area contributed by atoms with Gasteiger partial charge in [0.1, 0.15) is 11.4 Å². The number of rotatable bonds is 8. The van der Waals surface area contributed by atoms with Gasteiger partial charge in [-0.25, -0.2) is 14.8 Å². The van der Waals surface area contributed by atoms with Gasteiger partial charge >= 0.3 is 5.97 Å². The van der Waals surface area contributed by atoms with Crippen LogP contribution in [0.1, 0.15) is 15.9 Å². The molecule has 6 rings (SSSR count). The van der Waals surface area contributed by atoms with E-state index in [1.54, 1.807) is 61.7 Å². The minimum atomic E-state index is -1.03. The lowest BCUT2D eigenvalue weighted by molar-refractivity contribution is -0.114. The van der Waals surface area contributed by atoms with Crippen LogP contribution in [0.3, 0.4) is 0 Å². The molecule has 10 heteroatoms. The molecule has 4 aromatic carbocycles. The van der Waals surface area contributed by atoms with Crippen LogP contribution in [0.4, 0.5) is 11.4 Å². The summed E-state index contributed by atoms with van der Waals surface area (Å²) in [6.07, 6.45) is 1.71. The number of ether oxygens (including phenoxy) is 1. The molecule has 1 aliphatic heterocycles. The van der Waals surface area contributed by atoms with E-state index in [4.69, 9.17) is 4.74 Å². The molecule has 0 unspecified atom stereocenters. The number of methoxy groups -OCH3 is 1. The number of aliphatic imine (C=N–C) groups is 1. The number of aromatic nitrogens is 1. The SMILES string of the molecule is COc1ccc(/C=C2\N=C(SCC(=O)Nc3ccc(-c4cc(C(=O)O)c5ccccc5n4)cc3)N(c3ccccc3)C2=O)cc1. The minimum absolute atomic E-state index is 0.0151. The molecule has 45 heavy (non-hydrogen) atoms. The van der Waals surface area contributed by atoms with Crippen LogP contribution in [0.25, 0.3) is 28.2 Å². The zero-order chi connectivity index (χ0) is 31.3. The topological polar surface area (TPSA) is 121 Å². The second-order valence-electron chi connectivity index (χ2n) is 9.96. The summed E-state index contributed by atoms with van der Waals surface area (Å²) in [4.78, 5) is 48.9. The predicted octanol–water partition coefficient (Wildman–Crippen LogP) is 6.72. The first-order valence-corrected chi connectivity index (χ1v) is 14.9. The third-order valence-corrected chi connectivity index (χ3v) is 7.95. The second-order valence-corrected chi connectivity index (χ2v) is 10.9. The van der Waals surface area contributed by atoms with Crippen molar-refractivity contribution in [3.8, 4) is 17.0 Å². The van der Waals surface area contributed by atoms with E-state index in [-0.39, 0.29) is 28.8 Å². The van der Waals surface area contributed by atoms with Crippen LogP contribution in [0.15, 0.2) is 120 Å². The molecule has 0 saturated carbocycles. The number of pyridine rings is 1. The summed E-state index contributed by atoms with van der Waals surface area (Å²) in [5.74, 6) is -0.872. The molecular formula is C35H26N4O5S. The Morgan fingerprint density at radius 1 is 0.933 bits per heavy atom. The van der Waals surface area contributed by atoms with E-state index in [2.05, 4.69) is 15.3 Å². The number of benzene rings is 4. The maximum absolute atomic E-state index is 13.4. The molecule has 2 N–H and O–H groups in total. The molecule has 1 aliphatic rings. The Morgan fingerprint density at radius 2 is 1.64 bits per heavy atom. The largest absolute Gasteiger partial charge is 0.497 e. The summed E-state index contributed by atoms with van der Waals surface area (Å²) in [7, 11) is 1.59. The number of para-hydroxylation sites is 2. The highest BCUT2D eigenvalue weighted by atomic mass is 32.2. The van der Waals surface area contributed by atoms with Gasteiger partial charge in [0, 0.05) is 16.6 Å². The lowest BCUT2D eigenvalue weighted by Crippen LogP contribution is -2.31. The maximum atomic E-state index is 13.4. The molecule has 2 amide bonds. The quantitative estimate of drug-likeness (QED) is 0.186. The highest BCUT2D eigenvalue weighted by Crippen LogP contribution is 2.30. The van der Waals surface area contributed by atoms with Crippen LogP contribution in [0, 0.1) is 0 Å². The number of amidine groups is 1. The summed E-state index contributed by atoms with van der Waals surface area (Å²) in [5.41, 5.74) is 4.25. The van der Waals surface area contributed by atoms with Gasteiger partial charge in [0.15, 0.2) is 5.17 Å². The third-order valence-electron chi connectivity index (χ3n) is 7.01. The smallest absolute Gasteiger partial charge is 0.336 e. The average Bonchev–Trinajstić information content (AvgIpc) is 3.38. The number of carbonyl (C=O) groups excluding carboxylic acids is 2. The van der Waals surface area contributed by atoms with Crippen LogP contribution < -0.4 is 15.0 Å². The summed E-state index contributed by atoms with van der Waals surface area (Å²) in [5, 5.41) is 13.5. The zero-order valence-electron chi connectivity index (χ0n) is 24.0. The Labute approximate surface area is 262 Å². The van der Waals surface area contributed by atoms with Gasteiger partial charge in [-0.1, -0.05) is 72.4 Å². The molecule has 0 aliphatic carbocycles. The number of nitrogens with one attached hydrogen (secondary N) is 1. The Morgan fingerprint density at radius 3 is 2.36 bits per heavy atom. The lowest BCUT2D eigenvalue weighted by atomic mass is 10.0. The van der Waals surface area contributed by atoms with Crippen molar-refractivity contribution in [1.29, 1.82) is 0 Å². The fourth-order valence-electron chi connectivity index (χ4n) is 4.81. The number of aromatic carboxylic acids is 1. The summed E-state index contributed by atoms with van der Waals surface area (Å²) in [6.45, 7) is 0. The van der Waals surface area contributed by atoms with E-state index in [9.17, 15) is 19.5 Å². The number of carboxylic acid groups (broad SMARTS) is 1. The molecular weight excluding hydrogens is 588 g/mol. The molecule has 0 bridgehead atoms. The summed E-state index contributed by atoms with van der Waals surface area (Å²) >= 11 is 1.16. The molecule has 1 aromatic heterocycles. The molecule has 5 aromatic rings. The Hall–Kier alpha value is -5.74. The first kappa shape index (κ1) is 29.3. The van der Waals surface area contributed by atoms with E-state index < -0.39 is 5.97 Å². The number of carbonyl (C=O) groups is 3. The maximum Gasteiger partial charge on any atom is 0.336 e. The van der Waals surface area contributed by atoms with E-state index >= 15 is 0 Å². The van der Waals surface area contributed by atoms with Crippen LogP contribution in [0.2, 0.25) is 0 Å². The monoisotopic (exact) mass is 614 g/mol. The number of nitrogens with zero attached hydrogens (tertiary/aromatic N) is 3. The van der Waals surface area contributed by atoms with E-state index in [0.717, 1.165) is 17.3 Å². The number of thioether (sulfide) groups is 1. The standard InChI is InChI=1S/C35H26N4O5S/c1-44-26-17-11-22(12-18-26)19-31-33(41)39(25-7-3-2-4-8-25)35(38-31)45-21-32(40)36-24-15-13-23(14-16-24)30-20-28(34(42)43)27-9-5-6-10-29(27)37-30/h2-20H,21H2,1H3,(H,36,40)(H,42,43)/b31-19-. The molecule has 0 fully saturated rings. The van der Waals surface area contributed by atoms with Crippen molar-refractivity contribution in [2.45, 2.75) is 0 Å². The number of carboxylic acids is 1. The van der Waals surface area contributed by atoms with Crippen LogP contribution >= 0.6 is 11.8 Å². The molecule has 0 saturated heterocycles. The average molecular weight is 615 g/mol. The molecule has 0 atom stereocenters. The van der Waals surface area contributed by atoms with E-state index in [1.165, 1.54) is 4.90 Å². The molecule has 0 spiro atoms. The van der Waals surface area contributed by atoms with Crippen LogP contribution in [-0.4, -0.2) is 45.9 Å². The first-order valence-electron chi connectivity index (χ1n) is 13.9. The fraction of sp³-hybridized carbons (Fsp3) is 0.0571. The number of hydrogen-bond acceptors (Lipinski definition) is 7. The molecule has 222 valence electrons. The zero-order valence-corrected chi connectivity index (χ0v) is 24.8. The van der Waals surface area contributed by atoms with Crippen molar-refractivity contribution in [3.63, 3.8) is 0 Å². The lowest BCUT2D eigenvalue weighted by Gasteiger charge is -2.17. The van der Waals surface area contributed by atoms with Gasteiger partial charge < -0.3 is 15.2 Å². The van der Waals surface area contributed by atoms with Gasteiger partial charge in [0.2, 0.25) is 5.91 Å². The summed E-state index contributed by atoms with van der Waals surface area (Å²) in [6, 6.07) is 32.1. The third kappa shape index (κ3) is 6.46. The van der Waals surface area contributed by atoms with Crippen LogP contribution in [0.5, 0.6) is 5.75 Å². The van der Waals surface area contributed by atoms with Gasteiger partial charge in [0.25, 0.3) is 5.91 Å². The molecule has 0 radical (unpaired) electrons. The van der Waals surface area contributed by atoms with Crippen molar-refractivity contribution >= 4 is 63.1 Å². The van der Waals surface area contributed by atoms with Gasteiger partial charge in [-0.2, -0.15) is 0 Å². The number of anilines is 2. The number of amides is 2. The Kier molecular flexibility index (Phi) is 8.39. The van der Waals surface area contributed by atoms with Crippen molar-refractivity contribution in [3.05, 3.63) is 126 Å². The Bertz CT molecular complexity index is 1970. The minimum Gasteiger partial charge on any atom is -0.497 e. The van der Waals surface area contributed by atoms with Crippen molar-refractivity contribution in [1.82, 2.24) is 4.98 Å². The van der Waals surface area contributed by atoms with Gasteiger partial charge in [-0.15, -0.1) is 0 Å². The number of fused-ring (bicyclic) bond motifs is 1. The normalized spacial score (nSPS) is 13.6.